The molecule has 0 fully saturated rings. The number of hydrogen-bond acceptors (Lipinski definition) is 5. The van der Waals surface area contributed by atoms with Gasteiger partial charge >= 0.3 is 0 Å². The number of nitrogens with zero attached hydrogens (tertiary/aromatic N) is 2. The van der Waals surface area contributed by atoms with Gasteiger partial charge in [-0.2, -0.15) is 0 Å². The molecule has 7 heteroatoms. The highest BCUT2D eigenvalue weighted by Crippen LogP contribution is 2.15. The van der Waals surface area contributed by atoms with E-state index in [1.54, 1.807) is 12.3 Å². The highest BCUT2D eigenvalue weighted by atomic mass is 32.2. The third kappa shape index (κ3) is 1.79. The normalized spacial score (nSPS) is 10.5. The summed E-state index contributed by atoms with van der Waals surface area (Å²) in [4.78, 5) is 22.4. The molecule has 2 aromatic heterocycles. The van der Waals surface area contributed by atoms with E-state index >= 15 is 0 Å². The van der Waals surface area contributed by atoms with Crippen molar-refractivity contribution in [1.82, 2.24) is 20.4 Å². The molecule has 2 heterocycles. The number of amides is 1. The summed E-state index contributed by atoms with van der Waals surface area (Å²) < 4.78 is 0. The van der Waals surface area contributed by atoms with Crippen LogP contribution in [0.5, 0.6) is 0 Å². The summed E-state index contributed by atoms with van der Waals surface area (Å²) in [6.07, 6.45) is 3.55. The van der Waals surface area contributed by atoms with Gasteiger partial charge in [-0.25, -0.2) is 15.8 Å². The van der Waals surface area contributed by atoms with Gasteiger partial charge in [-0.1, -0.05) is 11.8 Å². The molecule has 0 aromatic carbocycles. The molecule has 2 aromatic rings. The molecule has 0 saturated heterocycles. The Hall–Kier alpha value is -1.60. The van der Waals surface area contributed by atoms with E-state index in [-0.39, 0.29) is 5.91 Å². The zero-order valence-electron chi connectivity index (χ0n) is 7.94. The van der Waals surface area contributed by atoms with Crippen molar-refractivity contribution >= 4 is 28.7 Å². The second-order valence-electron chi connectivity index (χ2n) is 2.82. The zero-order valence-corrected chi connectivity index (χ0v) is 8.76. The lowest BCUT2D eigenvalue weighted by Gasteiger charge is -1.93. The van der Waals surface area contributed by atoms with E-state index in [9.17, 15) is 4.79 Å². The van der Waals surface area contributed by atoms with Gasteiger partial charge in [0, 0.05) is 11.6 Å². The average molecular weight is 223 g/mol. The number of thioether (sulfide) groups is 1. The van der Waals surface area contributed by atoms with Crippen molar-refractivity contribution < 1.29 is 4.79 Å². The Morgan fingerprint density at radius 3 is 3.13 bits per heavy atom. The molecule has 0 bridgehead atoms. The lowest BCUT2D eigenvalue weighted by atomic mass is 10.3. The predicted molar refractivity (Wildman–Crippen MR) is 57.3 cm³/mol. The van der Waals surface area contributed by atoms with Crippen LogP contribution in [0.3, 0.4) is 0 Å². The first-order chi connectivity index (χ1) is 7.24. The largest absolute Gasteiger partial charge is 0.335 e. The highest BCUT2D eigenvalue weighted by Gasteiger charge is 2.09. The summed E-state index contributed by atoms with van der Waals surface area (Å²) >= 11 is 1.44. The third-order valence-corrected chi connectivity index (χ3v) is 2.47. The van der Waals surface area contributed by atoms with Crippen molar-refractivity contribution in [3.05, 3.63) is 18.0 Å². The second kappa shape index (κ2) is 3.87. The monoisotopic (exact) mass is 223 g/mol. The maximum Gasteiger partial charge on any atom is 0.281 e. The number of nitrogens with one attached hydrogen (secondary N) is 2. The van der Waals surface area contributed by atoms with Crippen molar-refractivity contribution in [2.45, 2.75) is 5.16 Å². The summed E-state index contributed by atoms with van der Waals surface area (Å²) in [6, 6.07) is 1.65. The van der Waals surface area contributed by atoms with Crippen molar-refractivity contribution in [3.8, 4) is 0 Å². The fourth-order valence-electron chi connectivity index (χ4n) is 1.20. The van der Waals surface area contributed by atoms with Crippen LogP contribution in [0.15, 0.2) is 17.4 Å². The van der Waals surface area contributed by atoms with Crippen molar-refractivity contribution in [3.63, 3.8) is 0 Å². The van der Waals surface area contributed by atoms with Crippen LogP contribution in [-0.4, -0.2) is 27.1 Å². The van der Waals surface area contributed by atoms with Gasteiger partial charge in [0.05, 0.1) is 0 Å². The molecule has 15 heavy (non-hydrogen) atoms. The molecule has 0 aliphatic rings. The van der Waals surface area contributed by atoms with Crippen LogP contribution < -0.4 is 11.3 Å². The number of H-pyrrole nitrogens is 1. The number of hydrogen-bond donors (Lipinski definition) is 3. The summed E-state index contributed by atoms with van der Waals surface area (Å²) in [5, 5.41) is 1.44. The van der Waals surface area contributed by atoms with Gasteiger partial charge < -0.3 is 4.98 Å². The number of rotatable bonds is 2. The zero-order chi connectivity index (χ0) is 10.8. The van der Waals surface area contributed by atoms with Crippen LogP contribution in [0.1, 0.15) is 10.5 Å². The Bertz CT molecular complexity index is 509. The topological polar surface area (TPSA) is 96.7 Å². The first kappa shape index (κ1) is 9.94. The van der Waals surface area contributed by atoms with Crippen LogP contribution in [0, 0.1) is 0 Å². The van der Waals surface area contributed by atoms with E-state index in [1.807, 2.05) is 11.7 Å². The number of nitrogens with two attached hydrogens (primary N) is 1. The molecule has 4 N–H and O–H groups in total. The Morgan fingerprint density at radius 1 is 1.67 bits per heavy atom. The molecular weight excluding hydrogens is 214 g/mol. The summed E-state index contributed by atoms with van der Waals surface area (Å²) in [5.41, 5.74) is 3.05. The quantitative estimate of drug-likeness (QED) is 0.223. The molecule has 0 aliphatic carbocycles. The number of nitrogen functional groups attached to an aromatic ring is 1. The Kier molecular flexibility index (Phi) is 2.57. The number of carbonyl (C=O) groups excluding carboxylic acids is 1. The van der Waals surface area contributed by atoms with Crippen LogP contribution in [0.4, 0.5) is 0 Å². The van der Waals surface area contributed by atoms with Gasteiger partial charge in [0.1, 0.15) is 11.3 Å². The number of aromatic amines is 1. The number of hydrazine groups is 1. The molecule has 78 valence electrons. The number of carbonyl (C=O) groups is 1. The van der Waals surface area contributed by atoms with E-state index < -0.39 is 0 Å². The van der Waals surface area contributed by atoms with E-state index in [0.29, 0.717) is 16.5 Å². The van der Waals surface area contributed by atoms with E-state index in [0.717, 1.165) is 5.39 Å². The lowest BCUT2D eigenvalue weighted by Crippen LogP contribution is -2.30. The third-order valence-electron chi connectivity index (χ3n) is 1.91. The van der Waals surface area contributed by atoms with Gasteiger partial charge in [0.2, 0.25) is 0 Å². The number of fused-ring (bicyclic) bond motifs is 1. The van der Waals surface area contributed by atoms with E-state index in [1.165, 1.54) is 11.8 Å². The van der Waals surface area contributed by atoms with Crippen LogP contribution in [0.25, 0.3) is 11.0 Å². The van der Waals surface area contributed by atoms with Gasteiger partial charge in [-0.05, 0) is 12.3 Å². The van der Waals surface area contributed by atoms with Crippen molar-refractivity contribution in [1.29, 1.82) is 0 Å². The maximum absolute atomic E-state index is 11.2. The number of aromatic nitrogens is 3. The summed E-state index contributed by atoms with van der Waals surface area (Å²) in [5.74, 6) is 4.65. The minimum Gasteiger partial charge on any atom is -0.335 e. The standard InChI is InChI=1S/C8H9N5OS/c1-15-8-10-3-4-2-5(7(14)13-9)11-6(4)12-8/h2-3H,9H2,1H3,(H,13,14)(H,10,11,12). The summed E-state index contributed by atoms with van der Waals surface area (Å²) in [6.45, 7) is 0. The molecule has 0 saturated carbocycles. The van der Waals surface area contributed by atoms with E-state index in [4.69, 9.17) is 5.84 Å². The molecule has 0 unspecified atom stereocenters. The summed E-state index contributed by atoms with van der Waals surface area (Å²) in [7, 11) is 0. The minimum absolute atomic E-state index is 0.375. The average Bonchev–Trinajstić information content (AvgIpc) is 2.70. The predicted octanol–water partition coefficient (Wildman–Crippen LogP) is 0.283. The molecule has 2 rings (SSSR count). The van der Waals surface area contributed by atoms with Gasteiger partial charge in [0.15, 0.2) is 5.16 Å². The second-order valence-corrected chi connectivity index (χ2v) is 3.59. The Morgan fingerprint density at radius 2 is 2.47 bits per heavy atom. The van der Waals surface area contributed by atoms with E-state index in [2.05, 4.69) is 15.0 Å². The van der Waals surface area contributed by atoms with Gasteiger partial charge in [0.25, 0.3) is 5.91 Å². The smallest absolute Gasteiger partial charge is 0.281 e. The maximum atomic E-state index is 11.2. The van der Waals surface area contributed by atoms with Crippen molar-refractivity contribution in [2.75, 3.05) is 6.26 Å². The van der Waals surface area contributed by atoms with Crippen molar-refractivity contribution in [2.24, 2.45) is 5.84 Å². The highest BCUT2D eigenvalue weighted by molar-refractivity contribution is 7.98. The first-order valence-corrected chi connectivity index (χ1v) is 5.37. The Labute approximate surface area is 89.6 Å². The lowest BCUT2D eigenvalue weighted by molar-refractivity contribution is 0.0949. The molecule has 0 atom stereocenters. The SMILES string of the molecule is CSc1ncc2cc(C(=O)NN)[nH]c2n1. The molecule has 0 aliphatic heterocycles. The first-order valence-electron chi connectivity index (χ1n) is 4.15. The molecule has 6 nitrogen and oxygen atoms in total. The molecule has 0 spiro atoms. The molecule has 1 amide bonds. The van der Waals surface area contributed by atoms with Crippen LogP contribution in [-0.2, 0) is 0 Å². The minimum atomic E-state index is -0.376. The fraction of sp³-hybridized carbons (Fsp3) is 0.125. The van der Waals surface area contributed by atoms with Crippen LogP contribution >= 0.6 is 11.8 Å². The molecule has 0 radical (unpaired) electrons. The molecular formula is C8H9N5OS. The Balaban J connectivity index is 2.51. The van der Waals surface area contributed by atoms with Crippen LogP contribution in [0.2, 0.25) is 0 Å². The van der Waals surface area contributed by atoms with Gasteiger partial charge in [-0.3, -0.25) is 10.2 Å². The van der Waals surface area contributed by atoms with Gasteiger partial charge in [-0.15, -0.1) is 0 Å². The fourth-order valence-corrected chi connectivity index (χ4v) is 1.54.